The summed E-state index contributed by atoms with van der Waals surface area (Å²) < 4.78 is 26.2. The molecule has 2 aliphatic heterocycles. The Labute approximate surface area is 326 Å². The first-order chi connectivity index (χ1) is 26.9. The molecule has 6 atom stereocenters. The highest BCUT2D eigenvalue weighted by molar-refractivity contribution is 6.03. The maximum atomic E-state index is 14.7. The first-order valence-corrected chi connectivity index (χ1v) is 20.3. The van der Waals surface area contributed by atoms with Crippen LogP contribution < -0.4 is 14.2 Å². The van der Waals surface area contributed by atoms with Crippen molar-refractivity contribution in [1.29, 1.82) is 0 Å². The van der Waals surface area contributed by atoms with Gasteiger partial charge in [-0.3, -0.25) is 9.69 Å². The molecule has 1 saturated carbocycles. The summed E-state index contributed by atoms with van der Waals surface area (Å²) in [4.78, 5) is 24.6. The average molecular weight is 760 g/mol. The molecule has 2 heterocycles. The number of hydrogen-bond acceptors (Lipinski definition) is 10. The van der Waals surface area contributed by atoms with Crippen LogP contribution in [0.2, 0.25) is 0 Å². The van der Waals surface area contributed by atoms with E-state index in [1.807, 2.05) is 41.3 Å². The van der Waals surface area contributed by atoms with Crippen molar-refractivity contribution in [3.05, 3.63) is 77.9 Å². The summed E-state index contributed by atoms with van der Waals surface area (Å²) in [5, 5.41) is 24.4. The fraction of sp³-hybridized carbons (Fsp3) is 0.591. The Bertz CT molecular complexity index is 1660. The molecule has 6 unspecified atom stereocenters. The third-order valence-corrected chi connectivity index (χ3v) is 11.7. The molecule has 6 rings (SSSR count). The Morgan fingerprint density at radius 2 is 1.87 bits per heavy atom. The van der Waals surface area contributed by atoms with Crippen molar-refractivity contribution >= 4 is 11.6 Å². The van der Waals surface area contributed by atoms with E-state index in [1.165, 1.54) is 0 Å². The van der Waals surface area contributed by atoms with Gasteiger partial charge in [-0.2, -0.15) is 0 Å². The molecule has 2 fully saturated rings. The number of nitrogens with zero attached hydrogens (tertiary/aromatic N) is 3. The molecule has 2 N–H and O–H groups in total. The number of hydrogen-bond donors (Lipinski definition) is 2. The second-order valence-corrected chi connectivity index (χ2v) is 15.3. The van der Waals surface area contributed by atoms with E-state index in [1.54, 1.807) is 20.3 Å². The molecular weight excluding hydrogens is 698 g/mol. The Kier molecular flexibility index (Phi) is 14.3. The molecule has 2 aromatic carbocycles. The number of carbonyl (C=O) groups is 1. The molecule has 11 heteroatoms. The lowest BCUT2D eigenvalue weighted by Gasteiger charge is -2.60. The van der Waals surface area contributed by atoms with E-state index in [2.05, 4.69) is 30.5 Å². The van der Waals surface area contributed by atoms with Gasteiger partial charge in [0.15, 0.2) is 0 Å². The number of amides is 1. The van der Waals surface area contributed by atoms with E-state index in [0.29, 0.717) is 31.7 Å². The summed E-state index contributed by atoms with van der Waals surface area (Å²) in [5.74, 6) is 0.770. The number of ether oxygens (including phenoxy) is 4. The molecule has 1 amide bonds. The number of carbonyl (C=O) groups excluding carboxylic acids is 1. The van der Waals surface area contributed by atoms with Gasteiger partial charge in [0.2, 0.25) is 11.7 Å². The van der Waals surface area contributed by atoms with Gasteiger partial charge in [-0.15, -0.1) is 6.58 Å². The molecule has 0 aromatic heterocycles. The van der Waals surface area contributed by atoms with E-state index < -0.39 is 11.8 Å². The highest BCUT2D eigenvalue weighted by atomic mass is 16.7. The van der Waals surface area contributed by atoms with E-state index in [-0.39, 0.29) is 55.8 Å². The molecule has 55 heavy (non-hydrogen) atoms. The number of aliphatic hydroxyl groups excluding tert-OH is 2. The maximum Gasteiger partial charge on any atom is 0.239 e. The predicted octanol–water partition coefficient (Wildman–Crippen LogP) is 6.13. The first-order valence-electron chi connectivity index (χ1n) is 20.3. The number of methoxy groups -OCH3 is 1. The van der Waals surface area contributed by atoms with Crippen molar-refractivity contribution in [3.63, 3.8) is 0 Å². The van der Waals surface area contributed by atoms with E-state index in [0.717, 1.165) is 92.1 Å². The molecule has 4 aliphatic rings. The third kappa shape index (κ3) is 9.22. The van der Waals surface area contributed by atoms with Gasteiger partial charge in [0, 0.05) is 57.3 Å². The van der Waals surface area contributed by atoms with Crippen molar-refractivity contribution in [2.75, 3.05) is 66.8 Å². The second kappa shape index (κ2) is 19.3. The van der Waals surface area contributed by atoms with Crippen LogP contribution in [-0.4, -0.2) is 110 Å². The molecule has 11 nitrogen and oxygen atoms in total. The van der Waals surface area contributed by atoms with Crippen LogP contribution >= 0.6 is 0 Å². The lowest BCUT2D eigenvalue weighted by Crippen LogP contribution is -2.70. The largest absolute Gasteiger partial charge is 0.497 e. The molecule has 300 valence electrons. The topological polar surface area (TPSA) is 122 Å². The molecular formula is C44H61N3O8. The van der Waals surface area contributed by atoms with Crippen LogP contribution in [-0.2, 0) is 20.8 Å². The van der Waals surface area contributed by atoms with Gasteiger partial charge in [0.25, 0.3) is 0 Å². The zero-order valence-electron chi connectivity index (χ0n) is 33.0. The summed E-state index contributed by atoms with van der Waals surface area (Å²) in [6.07, 6.45) is 10.3. The quantitative estimate of drug-likeness (QED) is 0.0632. The highest BCUT2D eigenvalue weighted by Gasteiger charge is 2.65. The van der Waals surface area contributed by atoms with Crippen LogP contribution in [0.4, 0.5) is 0 Å². The van der Waals surface area contributed by atoms with Gasteiger partial charge >= 0.3 is 0 Å². The Hall–Kier alpha value is -3.90. The fourth-order valence-corrected chi connectivity index (χ4v) is 9.19. The Balaban J connectivity index is 1.52. The van der Waals surface area contributed by atoms with Crippen LogP contribution in [0.15, 0.2) is 71.9 Å². The molecule has 0 radical (unpaired) electrons. The fourth-order valence-electron chi connectivity index (χ4n) is 9.19. The number of unbranched alkanes of at least 4 members (excludes halogenated alkanes) is 2. The zero-order chi connectivity index (χ0) is 38.8. The number of aliphatic hydroxyl groups is 2. The number of allylic oxidation sites excluding steroid dienone is 1. The van der Waals surface area contributed by atoms with Gasteiger partial charge in [0.1, 0.15) is 37.0 Å². The molecule has 2 aliphatic carbocycles. The third-order valence-electron chi connectivity index (χ3n) is 11.7. The molecule has 1 saturated heterocycles. The minimum atomic E-state index is -1.28. The van der Waals surface area contributed by atoms with Gasteiger partial charge in [-0.1, -0.05) is 49.2 Å². The van der Waals surface area contributed by atoms with Crippen molar-refractivity contribution in [2.24, 2.45) is 22.9 Å². The lowest BCUT2D eigenvalue weighted by molar-refractivity contribution is -0.257. The normalized spacial score (nSPS) is 25.9. The number of oxime groups is 1. The Morgan fingerprint density at radius 1 is 1.07 bits per heavy atom. The van der Waals surface area contributed by atoms with Gasteiger partial charge in [0.05, 0.1) is 31.8 Å². The minimum absolute atomic E-state index is 0.0378. The number of fused-ring (bicyclic) bond motifs is 2. The van der Waals surface area contributed by atoms with Crippen molar-refractivity contribution in [1.82, 2.24) is 9.80 Å². The summed E-state index contributed by atoms with van der Waals surface area (Å²) in [5.41, 5.74) is 3.73. The van der Waals surface area contributed by atoms with Crippen LogP contribution in [0.1, 0.15) is 75.3 Å². The van der Waals surface area contributed by atoms with Crippen LogP contribution in [0.3, 0.4) is 0 Å². The minimum Gasteiger partial charge on any atom is -0.497 e. The van der Waals surface area contributed by atoms with Crippen molar-refractivity contribution in [2.45, 2.75) is 82.5 Å². The molecule has 0 bridgehead atoms. The van der Waals surface area contributed by atoms with Crippen LogP contribution in [0.25, 0.3) is 0 Å². The highest BCUT2D eigenvalue weighted by Crippen LogP contribution is 2.62. The van der Waals surface area contributed by atoms with Crippen molar-refractivity contribution < 1.29 is 38.8 Å². The second-order valence-electron chi connectivity index (χ2n) is 15.3. The standard InChI is InChI=1S/C44H61N3O8/c1-5-18-47(41(50)27-31-12-11-14-33(26-31)51-3)40-30-38(45-52-4)36-28-32(13-7-9-22-48)35(15-8-10-23-49)42-37-29-34(53-25-21-46-19-20-46)16-17-39(37)55-44(40,43(36)42)54-24-6-2/h6,11-12,14,16-17,26,28-29,32,35,40,42-43,48-49H,2,5,7-10,13,15,18-25,27,30H2,1,3-4H3. The smallest absolute Gasteiger partial charge is 0.239 e. The van der Waals surface area contributed by atoms with Crippen LogP contribution in [0, 0.1) is 17.8 Å². The lowest BCUT2D eigenvalue weighted by atomic mass is 9.55. The SMILES string of the molecule is C=CCOC12Oc3ccc(OCCN4CC4)cc3C3C(CCCCO)C(CCCCO)C=C(C(=NOC)CC1N(CCC)C(=O)Cc1cccc(OC)c1)C32. The summed E-state index contributed by atoms with van der Waals surface area (Å²) in [6.45, 7) is 10.8. The monoisotopic (exact) mass is 759 g/mol. The van der Waals surface area contributed by atoms with Crippen LogP contribution in [0.5, 0.6) is 17.2 Å². The van der Waals surface area contributed by atoms with Gasteiger partial charge in [-0.05, 0) is 85.4 Å². The molecule has 2 aromatic rings. The summed E-state index contributed by atoms with van der Waals surface area (Å²) in [7, 11) is 3.20. The molecule has 0 spiro atoms. The summed E-state index contributed by atoms with van der Waals surface area (Å²) in [6, 6.07) is 13.2. The zero-order valence-corrected chi connectivity index (χ0v) is 33.0. The first kappa shape index (κ1) is 40.8. The predicted molar refractivity (Wildman–Crippen MR) is 213 cm³/mol. The number of rotatable bonds is 22. The van der Waals surface area contributed by atoms with E-state index in [9.17, 15) is 15.0 Å². The van der Waals surface area contributed by atoms with E-state index >= 15 is 0 Å². The number of benzene rings is 2. The van der Waals surface area contributed by atoms with E-state index in [4.69, 9.17) is 28.9 Å². The average Bonchev–Trinajstić information content (AvgIpc) is 4.03. The summed E-state index contributed by atoms with van der Waals surface area (Å²) >= 11 is 0. The van der Waals surface area contributed by atoms with Gasteiger partial charge < -0.3 is 38.9 Å². The van der Waals surface area contributed by atoms with Crippen molar-refractivity contribution in [3.8, 4) is 17.2 Å². The maximum absolute atomic E-state index is 14.7. The Morgan fingerprint density at radius 3 is 2.58 bits per heavy atom. The van der Waals surface area contributed by atoms with Gasteiger partial charge in [-0.25, -0.2) is 0 Å².